The average molecular weight is 252 g/mol. The van der Waals surface area contributed by atoms with Crippen molar-refractivity contribution in [2.45, 2.75) is 32.3 Å². The third kappa shape index (κ3) is 3.29. The standard InChI is InChI=1S/C14H17FO3/c1-10(16)11-5-6-14(13(15)8-11)18-9-12-4-2-3-7-17-12/h5-6,8,12H,2-4,7,9H2,1H3. The van der Waals surface area contributed by atoms with E-state index < -0.39 is 5.82 Å². The van der Waals surface area contributed by atoms with Crippen LogP contribution in [-0.2, 0) is 4.74 Å². The fourth-order valence-corrected chi connectivity index (χ4v) is 1.96. The topological polar surface area (TPSA) is 35.5 Å². The van der Waals surface area contributed by atoms with Crippen LogP contribution in [0.15, 0.2) is 18.2 Å². The molecule has 0 aliphatic carbocycles. The molecule has 1 unspecified atom stereocenters. The minimum absolute atomic E-state index is 0.0469. The summed E-state index contributed by atoms with van der Waals surface area (Å²) in [5.41, 5.74) is 0.355. The molecule has 1 saturated heterocycles. The van der Waals surface area contributed by atoms with Crippen LogP contribution in [0.4, 0.5) is 4.39 Å². The van der Waals surface area contributed by atoms with E-state index in [2.05, 4.69) is 0 Å². The summed E-state index contributed by atoms with van der Waals surface area (Å²) in [6.45, 7) is 2.52. The summed E-state index contributed by atoms with van der Waals surface area (Å²) in [5.74, 6) is -0.483. The number of benzene rings is 1. The number of halogens is 1. The Morgan fingerprint density at radius 3 is 2.94 bits per heavy atom. The lowest BCUT2D eigenvalue weighted by atomic mass is 10.1. The summed E-state index contributed by atoms with van der Waals surface area (Å²) in [5, 5.41) is 0. The monoisotopic (exact) mass is 252 g/mol. The van der Waals surface area contributed by atoms with Gasteiger partial charge in [0.2, 0.25) is 0 Å². The lowest BCUT2D eigenvalue weighted by Gasteiger charge is -2.22. The van der Waals surface area contributed by atoms with E-state index in [0.29, 0.717) is 12.2 Å². The first-order valence-electron chi connectivity index (χ1n) is 6.21. The number of carbonyl (C=O) groups is 1. The molecule has 4 heteroatoms. The minimum Gasteiger partial charge on any atom is -0.488 e. The fourth-order valence-electron chi connectivity index (χ4n) is 1.96. The van der Waals surface area contributed by atoms with Crippen LogP contribution < -0.4 is 4.74 Å². The summed E-state index contributed by atoms with van der Waals surface area (Å²) in [4.78, 5) is 11.1. The molecule has 18 heavy (non-hydrogen) atoms. The Hall–Kier alpha value is -1.42. The smallest absolute Gasteiger partial charge is 0.165 e. The van der Waals surface area contributed by atoms with Gasteiger partial charge in [-0.25, -0.2) is 4.39 Å². The highest BCUT2D eigenvalue weighted by Gasteiger charge is 2.15. The van der Waals surface area contributed by atoms with Crippen molar-refractivity contribution in [2.24, 2.45) is 0 Å². The molecule has 1 aliphatic rings. The lowest BCUT2D eigenvalue weighted by molar-refractivity contribution is -0.0117. The first kappa shape index (κ1) is 13.0. The van der Waals surface area contributed by atoms with Crippen LogP contribution in [0.2, 0.25) is 0 Å². The van der Waals surface area contributed by atoms with E-state index >= 15 is 0 Å². The van der Waals surface area contributed by atoms with Gasteiger partial charge in [-0.2, -0.15) is 0 Å². The second-order valence-electron chi connectivity index (χ2n) is 4.50. The second-order valence-corrected chi connectivity index (χ2v) is 4.50. The molecule has 0 bridgehead atoms. The largest absolute Gasteiger partial charge is 0.488 e. The van der Waals surface area contributed by atoms with Gasteiger partial charge in [0.05, 0.1) is 6.10 Å². The minimum atomic E-state index is -0.501. The Morgan fingerprint density at radius 2 is 2.33 bits per heavy atom. The van der Waals surface area contributed by atoms with Gasteiger partial charge in [0.15, 0.2) is 17.3 Å². The SMILES string of the molecule is CC(=O)c1ccc(OCC2CCCCO2)c(F)c1. The maximum absolute atomic E-state index is 13.6. The van der Waals surface area contributed by atoms with Crippen LogP contribution >= 0.6 is 0 Å². The summed E-state index contributed by atoms with van der Waals surface area (Å²) in [7, 11) is 0. The Balaban J connectivity index is 1.94. The number of carbonyl (C=O) groups excluding carboxylic acids is 1. The number of ether oxygens (including phenoxy) is 2. The molecule has 0 saturated carbocycles. The van der Waals surface area contributed by atoms with Crippen molar-refractivity contribution in [3.63, 3.8) is 0 Å². The van der Waals surface area contributed by atoms with Crippen molar-refractivity contribution in [3.8, 4) is 5.75 Å². The summed E-state index contributed by atoms with van der Waals surface area (Å²) < 4.78 is 24.5. The van der Waals surface area contributed by atoms with E-state index in [4.69, 9.17) is 9.47 Å². The summed E-state index contributed by atoms with van der Waals surface area (Å²) in [6.07, 6.45) is 3.20. The molecule has 1 heterocycles. The molecule has 3 nitrogen and oxygen atoms in total. The highest BCUT2D eigenvalue weighted by atomic mass is 19.1. The molecule has 98 valence electrons. The van der Waals surface area contributed by atoms with E-state index in [-0.39, 0.29) is 17.6 Å². The van der Waals surface area contributed by atoms with Gasteiger partial charge >= 0.3 is 0 Å². The Kier molecular flexibility index (Phi) is 4.31. The van der Waals surface area contributed by atoms with Crippen LogP contribution in [0.25, 0.3) is 0 Å². The van der Waals surface area contributed by atoms with Crippen LogP contribution in [0, 0.1) is 5.82 Å². The molecule has 1 aromatic carbocycles. The molecule has 0 amide bonds. The number of ketones is 1. The number of Topliss-reactive ketones (excluding diaryl/α,β-unsaturated/α-hetero) is 1. The maximum Gasteiger partial charge on any atom is 0.165 e. The Morgan fingerprint density at radius 1 is 1.50 bits per heavy atom. The summed E-state index contributed by atoms with van der Waals surface area (Å²) >= 11 is 0. The van der Waals surface area contributed by atoms with E-state index in [1.54, 1.807) is 6.07 Å². The van der Waals surface area contributed by atoms with Gasteiger partial charge in [-0.15, -0.1) is 0 Å². The first-order valence-corrected chi connectivity index (χ1v) is 6.21. The van der Waals surface area contributed by atoms with Crippen LogP contribution in [0.1, 0.15) is 36.5 Å². The molecule has 0 N–H and O–H groups in total. The highest BCUT2D eigenvalue weighted by molar-refractivity contribution is 5.94. The van der Waals surface area contributed by atoms with Gasteiger partial charge in [0.1, 0.15) is 6.61 Å². The predicted molar refractivity (Wildman–Crippen MR) is 65.5 cm³/mol. The zero-order valence-electron chi connectivity index (χ0n) is 10.4. The summed E-state index contributed by atoms with van der Waals surface area (Å²) in [6, 6.07) is 4.27. The maximum atomic E-state index is 13.6. The zero-order chi connectivity index (χ0) is 13.0. The van der Waals surface area contributed by atoms with Crippen molar-refractivity contribution >= 4 is 5.78 Å². The molecule has 2 rings (SSSR count). The average Bonchev–Trinajstić information content (AvgIpc) is 2.38. The van der Waals surface area contributed by atoms with Crippen LogP contribution in [0.3, 0.4) is 0 Å². The number of hydrogen-bond donors (Lipinski definition) is 0. The van der Waals surface area contributed by atoms with Gasteiger partial charge < -0.3 is 9.47 Å². The molecular weight excluding hydrogens is 235 g/mol. The van der Waals surface area contributed by atoms with Crippen molar-refractivity contribution in [1.29, 1.82) is 0 Å². The third-order valence-electron chi connectivity index (χ3n) is 3.04. The second kappa shape index (κ2) is 5.96. The van der Waals surface area contributed by atoms with Gasteiger partial charge in [-0.3, -0.25) is 4.79 Å². The van der Waals surface area contributed by atoms with Crippen LogP contribution in [0.5, 0.6) is 5.75 Å². The van der Waals surface area contributed by atoms with E-state index in [1.807, 2.05) is 0 Å². The first-order chi connectivity index (χ1) is 8.66. The van der Waals surface area contributed by atoms with Crippen molar-refractivity contribution in [2.75, 3.05) is 13.2 Å². The molecule has 1 fully saturated rings. The highest BCUT2D eigenvalue weighted by Crippen LogP contribution is 2.20. The molecule has 0 spiro atoms. The predicted octanol–water partition coefficient (Wildman–Crippen LogP) is 2.98. The number of rotatable bonds is 4. The quantitative estimate of drug-likeness (QED) is 0.773. The molecule has 1 atom stereocenters. The lowest BCUT2D eigenvalue weighted by Crippen LogP contribution is -2.26. The fraction of sp³-hybridized carbons (Fsp3) is 0.500. The zero-order valence-corrected chi connectivity index (χ0v) is 10.4. The normalized spacial score (nSPS) is 19.6. The van der Waals surface area contributed by atoms with Gasteiger partial charge in [0.25, 0.3) is 0 Å². The molecule has 1 aliphatic heterocycles. The third-order valence-corrected chi connectivity index (χ3v) is 3.04. The van der Waals surface area contributed by atoms with Crippen molar-refractivity contribution < 1.29 is 18.7 Å². The van der Waals surface area contributed by atoms with Crippen molar-refractivity contribution in [1.82, 2.24) is 0 Å². The Labute approximate surface area is 106 Å². The van der Waals surface area contributed by atoms with E-state index in [0.717, 1.165) is 25.9 Å². The molecule has 1 aromatic rings. The molecular formula is C14H17FO3. The molecule has 0 aromatic heterocycles. The Bertz CT molecular complexity index is 425. The van der Waals surface area contributed by atoms with Gasteiger partial charge in [-0.05, 0) is 44.4 Å². The number of hydrogen-bond acceptors (Lipinski definition) is 3. The van der Waals surface area contributed by atoms with Crippen molar-refractivity contribution in [3.05, 3.63) is 29.6 Å². The molecule has 0 radical (unpaired) electrons. The van der Waals surface area contributed by atoms with Gasteiger partial charge in [-0.1, -0.05) is 0 Å². The van der Waals surface area contributed by atoms with Crippen LogP contribution in [-0.4, -0.2) is 25.1 Å². The van der Waals surface area contributed by atoms with E-state index in [1.165, 1.54) is 19.1 Å². The van der Waals surface area contributed by atoms with Gasteiger partial charge in [0, 0.05) is 12.2 Å². The van der Waals surface area contributed by atoms with E-state index in [9.17, 15) is 9.18 Å².